The van der Waals surface area contributed by atoms with E-state index in [0.717, 1.165) is 18.0 Å². The van der Waals surface area contributed by atoms with Crippen LogP contribution in [0.2, 0.25) is 0 Å². The predicted octanol–water partition coefficient (Wildman–Crippen LogP) is 3.59. The van der Waals surface area contributed by atoms with Gasteiger partial charge < -0.3 is 0 Å². The van der Waals surface area contributed by atoms with E-state index < -0.39 is 0 Å². The number of nitro groups is 1. The summed E-state index contributed by atoms with van der Waals surface area (Å²) in [6, 6.07) is 5.89. The third-order valence-corrected chi connectivity index (χ3v) is 4.31. The van der Waals surface area contributed by atoms with Crippen LogP contribution in [0, 0.1) is 16.0 Å². The molecule has 0 N–H and O–H groups in total. The number of nitro benzene ring substituents is 1. The van der Waals surface area contributed by atoms with Gasteiger partial charge >= 0.3 is 0 Å². The van der Waals surface area contributed by atoms with Crippen LogP contribution in [0.4, 0.5) is 5.69 Å². The Kier molecular flexibility index (Phi) is 4.02. The van der Waals surface area contributed by atoms with Crippen molar-refractivity contribution in [1.82, 2.24) is 4.90 Å². The molecule has 0 aliphatic heterocycles. The molecule has 1 aliphatic rings. The van der Waals surface area contributed by atoms with Gasteiger partial charge in [-0.3, -0.25) is 15.0 Å². The molecule has 1 atom stereocenters. The van der Waals surface area contributed by atoms with Gasteiger partial charge in [-0.15, -0.1) is 0 Å². The van der Waals surface area contributed by atoms with E-state index in [9.17, 15) is 10.1 Å². The Labute approximate surface area is 115 Å². The maximum Gasteiger partial charge on any atom is 0.283 e. The first-order valence-corrected chi connectivity index (χ1v) is 6.91. The van der Waals surface area contributed by atoms with Crippen LogP contribution in [0.1, 0.15) is 25.3 Å². The van der Waals surface area contributed by atoms with Crippen LogP contribution in [0.15, 0.2) is 22.7 Å². The van der Waals surface area contributed by atoms with Crippen molar-refractivity contribution in [2.24, 2.45) is 5.92 Å². The van der Waals surface area contributed by atoms with Gasteiger partial charge in [0, 0.05) is 18.7 Å². The van der Waals surface area contributed by atoms with E-state index in [-0.39, 0.29) is 10.6 Å². The quantitative estimate of drug-likeness (QED) is 0.616. The number of benzene rings is 1. The summed E-state index contributed by atoms with van der Waals surface area (Å²) in [5.41, 5.74) is 1.12. The highest BCUT2D eigenvalue weighted by Crippen LogP contribution is 2.35. The zero-order chi connectivity index (χ0) is 13.3. The average Bonchev–Trinajstić information content (AvgIpc) is 3.14. The second kappa shape index (κ2) is 5.36. The normalized spacial score (nSPS) is 16.9. The van der Waals surface area contributed by atoms with E-state index in [4.69, 9.17) is 0 Å². The van der Waals surface area contributed by atoms with Crippen LogP contribution in [0.5, 0.6) is 0 Å². The molecular formula is C13H17BrN2O2. The fourth-order valence-corrected chi connectivity index (χ4v) is 2.56. The summed E-state index contributed by atoms with van der Waals surface area (Å²) in [7, 11) is 2.08. The van der Waals surface area contributed by atoms with Crippen LogP contribution in [0.3, 0.4) is 0 Å². The van der Waals surface area contributed by atoms with Crippen LogP contribution < -0.4 is 0 Å². The van der Waals surface area contributed by atoms with Gasteiger partial charge in [0.05, 0.1) is 9.40 Å². The standard InChI is InChI=1S/C13H17BrN2O2/c1-9(11-4-5-11)15(2)8-10-3-6-12(14)13(7-10)16(17)18/h3,6-7,9,11H,4-5,8H2,1-2H3. The molecule has 0 radical (unpaired) electrons. The van der Waals surface area contributed by atoms with E-state index in [1.54, 1.807) is 12.1 Å². The molecule has 2 rings (SSSR count). The molecule has 1 saturated carbocycles. The van der Waals surface area contributed by atoms with E-state index >= 15 is 0 Å². The van der Waals surface area contributed by atoms with E-state index in [1.165, 1.54) is 12.8 Å². The minimum Gasteiger partial charge on any atom is -0.299 e. The Morgan fingerprint density at radius 3 is 2.78 bits per heavy atom. The van der Waals surface area contributed by atoms with Crippen molar-refractivity contribution in [2.45, 2.75) is 32.4 Å². The highest BCUT2D eigenvalue weighted by Gasteiger charge is 2.30. The fraction of sp³-hybridized carbons (Fsp3) is 0.538. The molecule has 98 valence electrons. The molecule has 5 heteroatoms. The number of nitrogens with zero attached hydrogens (tertiary/aromatic N) is 2. The molecule has 1 fully saturated rings. The maximum absolute atomic E-state index is 10.9. The van der Waals surface area contributed by atoms with Crippen molar-refractivity contribution in [2.75, 3.05) is 7.05 Å². The molecule has 0 bridgehead atoms. The van der Waals surface area contributed by atoms with Crippen molar-refractivity contribution >= 4 is 21.6 Å². The van der Waals surface area contributed by atoms with Gasteiger partial charge in [0.2, 0.25) is 0 Å². The van der Waals surface area contributed by atoms with Crippen LogP contribution in [-0.4, -0.2) is 22.9 Å². The first-order chi connectivity index (χ1) is 8.49. The molecular weight excluding hydrogens is 296 g/mol. The largest absolute Gasteiger partial charge is 0.299 e. The Morgan fingerprint density at radius 2 is 2.22 bits per heavy atom. The number of halogens is 1. The summed E-state index contributed by atoms with van der Waals surface area (Å²) in [4.78, 5) is 12.8. The molecule has 1 aliphatic carbocycles. The molecule has 1 aromatic rings. The Hall–Kier alpha value is -0.940. The van der Waals surface area contributed by atoms with Gasteiger partial charge in [0.25, 0.3) is 5.69 Å². The van der Waals surface area contributed by atoms with Crippen LogP contribution in [-0.2, 0) is 6.54 Å². The van der Waals surface area contributed by atoms with E-state index in [0.29, 0.717) is 10.5 Å². The molecule has 0 amide bonds. The van der Waals surface area contributed by atoms with Crippen molar-refractivity contribution in [3.63, 3.8) is 0 Å². The van der Waals surface area contributed by atoms with Crippen LogP contribution in [0.25, 0.3) is 0 Å². The lowest BCUT2D eigenvalue weighted by molar-refractivity contribution is -0.385. The zero-order valence-corrected chi connectivity index (χ0v) is 12.2. The second-order valence-corrected chi connectivity index (χ2v) is 5.89. The predicted molar refractivity (Wildman–Crippen MR) is 74.4 cm³/mol. The van der Waals surface area contributed by atoms with Crippen LogP contribution >= 0.6 is 15.9 Å². The average molecular weight is 313 g/mol. The summed E-state index contributed by atoms with van der Waals surface area (Å²) in [6.07, 6.45) is 2.62. The maximum atomic E-state index is 10.9. The number of hydrogen-bond donors (Lipinski definition) is 0. The molecule has 0 spiro atoms. The highest BCUT2D eigenvalue weighted by atomic mass is 79.9. The summed E-state index contributed by atoms with van der Waals surface area (Å²) < 4.78 is 0.536. The Bertz CT molecular complexity index is 460. The summed E-state index contributed by atoms with van der Waals surface area (Å²) >= 11 is 3.20. The van der Waals surface area contributed by atoms with Gasteiger partial charge in [-0.2, -0.15) is 0 Å². The summed E-state index contributed by atoms with van der Waals surface area (Å²) in [6.45, 7) is 2.98. The first-order valence-electron chi connectivity index (χ1n) is 6.12. The van der Waals surface area contributed by atoms with Gasteiger partial charge in [-0.1, -0.05) is 6.07 Å². The van der Waals surface area contributed by atoms with E-state index in [1.807, 2.05) is 6.07 Å². The summed E-state index contributed by atoms with van der Waals surface area (Å²) in [5, 5.41) is 10.9. The molecule has 18 heavy (non-hydrogen) atoms. The lowest BCUT2D eigenvalue weighted by Crippen LogP contribution is -2.30. The molecule has 1 unspecified atom stereocenters. The van der Waals surface area contributed by atoms with Gasteiger partial charge in [0.1, 0.15) is 0 Å². The molecule has 0 heterocycles. The topological polar surface area (TPSA) is 46.4 Å². The number of hydrogen-bond acceptors (Lipinski definition) is 3. The lowest BCUT2D eigenvalue weighted by Gasteiger charge is -2.24. The van der Waals surface area contributed by atoms with Crippen molar-refractivity contribution < 1.29 is 4.92 Å². The van der Waals surface area contributed by atoms with Crippen molar-refractivity contribution in [1.29, 1.82) is 0 Å². The van der Waals surface area contributed by atoms with E-state index in [2.05, 4.69) is 34.8 Å². The third kappa shape index (κ3) is 3.09. The molecule has 1 aromatic carbocycles. The molecule has 4 nitrogen and oxygen atoms in total. The minimum atomic E-state index is -0.349. The minimum absolute atomic E-state index is 0.139. The van der Waals surface area contributed by atoms with Crippen molar-refractivity contribution in [3.8, 4) is 0 Å². The SMILES string of the molecule is CC(C1CC1)N(C)Cc1ccc(Br)c([N+](=O)[O-])c1. The van der Waals surface area contributed by atoms with Gasteiger partial charge in [-0.05, 0) is 60.3 Å². The Balaban J connectivity index is 2.08. The van der Waals surface area contributed by atoms with Crippen molar-refractivity contribution in [3.05, 3.63) is 38.3 Å². The molecule has 0 saturated heterocycles. The summed E-state index contributed by atoms with van der Waals surface area (Å²) in [5.74, 6) is 0.806. The lowest BCUT2D eigenvalue weighted by atomic mass is 10.1. The number of rotatable bonds is 5. The highest BCUT2D eigenvalue weighted by molar-refractivity contribution is 9.10. The fourth-order valence-electron chi connectivity index (χ4n) is 2.17. The monoisotopic (exact) mass is 312 g/mol. The third-order valence-electron chi connectivity index (χ3n) is 3.64. The van der Waals surface area contributed by atoms with Gasteiger partial charge in [0.15, 0.2) is 0 Å². The smallest absolute Gasteiger partial charge is 0.283 e. The second-order valence-electron chi connectivity index (χ2n) is 5.04. The van der Waals surface area contributed by atoms with Gasteiger partial charge in [-0.25, -0.2) is 0 Å². The molecule has 0 aromatic heterocycles. The zero-order valence-electron chi connectivity index (χ0n) is 10.6. The Morgan fingerprint density at radius 1 is 1.56 bits per heavy atom. The first kappa shape index (κ1) is 13.5.